The summed E-state index contributed by atoms with van der Waals surface area (Å²) in [7, 11) is 1.38. The van der Waals surface area contributed by atoms with Crippen LogP contribution < -0.4 is 0 Å². The van der Waals surface area contributed by atoms with Crippen molar-refractivity contribution < 1.29 is 24.0 Å². The van der Waals surface area contributed by atoms with Gasteiger partial charge in [-0.25, -0.2) is 0 Å². The van der Waals surface area contributed by atoms with Gasteiger partial charge in [0.25, 0.3) is 5.69 Å². The Morgan fingerprint density at radius 3 is 2.76 bits per heavy atom. The Hall–Kier alpha value is -2.54. The highest BCUT2D eigenvalue weighted by molar-refractivity contribution is 6.03. The fourth-order valence-electron chi connectivity index (χ4n) is 1.41. The maximum atomic E-state index is 11.6. The molecule has 1 unspecified atom stereocenters. The second-order valence-corrected chi connectivity index (χ2v) is 4.12. The summed E-state index contributed by atoms with van der Waals surface area (Å²) in [6, 6.07) is 5.80. The van der Waals surface area contributed by atoms with Gasteiger partial charge >= 0.3 is 5.97 Å². The van der Waals surface area contributed by atoms with E-state index in [-0.39, 0.29) is 5.69 Å². The average molecular weight is 293 g/mol. The second-order valence-electron chi connectivity index (χ2n) is 4.12. The molecule has 0 aliphatic carbocycles. The second kappa shape index (κ2) is 7.91. The molecule has 112 valence electrons. The monoisotopic (exact) mass is 293 g/mol. The predicted octanol–water partition coefficient (Wildman–Crippen LogP) is 2.10. The summed E-state index contributed by atoms with van der Waals surface area (Å²) in [5.74, 6) is -1.16. The van der Waals surface area contributed by atoms with E-state index in [1.807, 2.05) is 0 Å². The molecule has 1 aromatic rings. The minimum atomic E-state index is -0.717. The molecule has 1 aromatic carbocycles. The summed E-state index contributed by atoms with van der Waals surface area (Å²) in [6.45, 7) is 1.53. The lowest BCUT2D eigenvalue weighted by molar-refractivity contribution is -0.384. The van der Waals surface area contributed by atoms with Crippen LogP contribution in [0.3, 0.4) is 0 Å². The van der Waals surface area contributed by atoms with Gasteiger partial charge in [-0.2, -0.15) is 0 Å². The fraction of sp³-hybridized carbons (Fsp3) is 0.286. The molecule has 0 saturated heterocycles. The minimum absolute atomic E-state index is 0.0714. The zero-order valence-electron chi connectivity index (χ0n) is 11.6. The number of ether oxygens (including phenoxy) is 2. The smallest absolute Gasteiger partial charge is 0.315 e. The molecule has 0 saturated carbocycles. The molecule has 0 bridgehead atoms. The van der Waals surface area contributed by atoms with Crippen LogP contribution >= 0.6 is 0 Å². The van der Waals surface area contributed by atoms with E-state index in [0.29, 0.717) is 5.56 Å². The van der Waals surface area contributed by atoms with Crippen LogP contribution in [0, 0.1) is 10.1 Å². The van der Waals surface area contributed by atoms with Crippen LogP contribution in [0.4, 0.5) is 5.69 Å². The molecule has 0 radical (unpaired) electrons. The van der Waals surface area contributed by atoms with Gasteiger partial charge in [-0.1, -0.05) is 18.2 Å². The third-order valence-corrected chi connectivity index (χ3v) is 2.49. The van der Waals surface area contributed by atoms with Crippen LogP contribution in [-0.2, 0) is 19.1 Å². The van der Waals surface area contributed by atoms with Gasteiger partial charge in [-0.15, -0.1) is 0 Å². The van der Waals surface area contributed by atoms with E-state index in [0.717, 1.165) is 0 Å². The number of rotatable bonds is 7. The van der Waals surface area contributed by atoms with Crippen LogP contribution in [0.2, 0.25) is 0 Å². The lowest BCUT2D eigenvalue weighted by atomic mass is 10.1. The van der Waals surface area contributed by atoms with Gasteiger partial charge in [-0.05, 0) is 18.6 Å². The first kappa shape index (κ1) is 16.5. The SMILES string of the molecule is COC(C)OC(=O)CC(=O)C=Cc1cccc([N+](=O)[O-])c1. The number of hydrogen-bond donors (Lipinski definition) is 0. The summed E-state index contributed by atoms with van der Waals surface area (Å²) >= 11 is 0. The average Bonchev–Trinajstić information content (AvgIpc) is 2.45. The van der Waals surface area contributed by atoms with Gasteiger partial charge in [0, 0.05) is 19.2 Å². The molecule has 7 heteroatoms. The van der Waals surface area contributed by atoms with E-state index < -0.39 is 29.4 Å². The first-order chi connectivity index (χ1) is 9.92. The first-order valence-corrected chi connectivity index (χ1v) is 6.10. The molecule has 0 spiro atoms. The fourth-order valence-corrected chi connectivity index (χ4v) is 1.41. The maximum absolute atomic E-state index is 11.6. The molecular formula is C14H15NO6. The Bertz CT molecular complexity index is 566. The van der Waals surface area contributed by atoms with Crippen molar-refractivity contribution in [3.8, 4) is 0 Å². The third-order valence-electron chi connectivity index (χ3n) is 2.49. The van der Waals surface area contributed by atoms with Gasteiger partial charge < -0.3 is 9.47 Å². The Morgan fingerprint density at radius 1 is 1.43 bits per heavy atom. The molecule has 7 nitrogen and oxygen atoms in total. The van der Waals surface area contributed by atoms with E-state index >= 15 is 0 Å². The van der Waals surface area contributed by atoms with Crippen molar-refractivity contribution in [2.75, 3.05) is 7.11 Å². The van der Waals surface area contributed by atoms with Gasteiger partial charge in [0.2, 0.25) is 0 Å². The number of nitro groups is 1. The normalized spacial score (nSPS) is 12.1. The van der Waals surface area contributed by atoms with Crippen molar-refractivity contribution in [3.63, 3.8) is 0 Å². The highest BCUT2D eigenvalue weighted by Crippen LogP contribution is 2.14. The number of nitro benzene ring substituents is 1. The molecule has 0 heterocycles. The van der Waals surface area contributed by atoms with Crippen molar-refractivity contribution in [1.82, 2.24) is 0 Å². The maximum Gasteiger partial charge on any atom is 0.315 e. The van der Waals surface area contributed by atoms with E-state index in [1.165, 1.54) is 44.4 Å². The van der Waals surface area contributed by atoms with Crippen molar-refractivity contribution >= 4 is 23.5 Å². The van der Waals surface area contributed by atoms with Gasteiger partial charge in [0.1, 0.15) is 6.42 Å². The Morgan fingerprint density at radius 2 is 2.14 bits per heavy atom. The van der Waals surface area contributed by atoms with Crippen molar-refractivity contribution in [1.29, 1.82) is 0 Å². The number of carbonyl (C=O) groups is 2. The number of nitrogens with zero attached hydrogens (tertiary/aromatic N) is 1. The van der Waals surface area contributed by atoms with Crippen LogP contribution in [-0.4, -0.2) is 30.1 Å². The number of allylic oxidation sites excluding steroid dienone is 1. The van der Waals surface area contributed by atoms with E-state index in [2.05, 4.69) is 0 Å². The van der Waals surface area contributed by atoms with E-state index in [9.17, 15) is 19.7 Å². The first-order valence-electron chi connectivity index (χ1n) is 6.10. The number of benzene rings is 1. The third kappa shape index (κ3) is 5.96. The van der Waals surface area contributed by atoms with Crippen molar-refractivity contribution in [3.05, 3.63) is 46.0 Å². The highest BCUT2D eigenvalue weighted by Gasteiger charge is 2.11. The van der Waals surface area contributed by atoms with E-state index in [4.69, 9.17) is 9.47 Å². The van der Waals surface area contributed by atoms with Gasteiger partial charge in [0.15, 0.2) is 12.1 Å². The molecule has 0 fully saturated rings. The zero-order valence-corrected chi connectivity index (χ0v) is 11.6. The molecule has 1 rings (SSSR count). The summed E-state index contributed by atoms with van der Waals surface area (Å²) < 4.78 is 9.50. The number of methoxy groups -OCH3 is 1. The summed E-state index contributed by atoms with van der Waals surface area (Å²) in [5.41, 5.74) is 0.425. The van der Waals surface area contributed by atoms with Crippen LogP contribution in [0.15, 0.2) is 30.3 Å². The lowest BCUT2D eigenvalue weighted by Gasteiger charge is -2.09. The molecule has 0 N–H and O–H groups in total. The quantitative estimate of drug-likeness (QED) is 0.191. The largest absolute Gasteiger partial charge is 0.436 e. The van der Waals surface area contributed by atoms with Gasteiger partial charge in [-0.3, -0.25) is 19.7 Å². The van der Waals surface area contributed by atoms with Crippen LogP contribution in [0.25, 0.3) is 6.08 Å². The van der Waals surface area contributed by atoms with Crippen LogP contribution in [0.5, 0.6) is 0 Å². The lowest BCUT2D eigenvalue weighted by Crippen LogP contribution is -2.18. The van der Waals surface area contributed by atoms with Crippen molar-refractivity contribution in [2.45, 2.75) is 19.6 Å². The topological polar surface area (TPSA) is 95.7 Å². The molecular weight excluding hydrogens is 278 g/mol. The van der Waals surface area contributed by atoms with Crippen LogP contribution in [0.1, 0.15) is 18.9 Å². The molecule has 0 aliphatic rings. The zero-order chi connectivity index (χ0) is 15.8. The Balaban J connectivity index is 2.60. The minimum Gasteiger partial charge on any atom is -0.436 e. The predicted molar refractivity (Wildman–Crippen MR) is 74.3 cm³/mol. The number of carbonyl (C=O) groups excluding carboxylic acids is 2. The highest BCUT2D eigenvalue weighted by atomic mass is 16.7. The van der Waals surface area contributed by atoms with Gasteiger partial charge in [0.05, 0.1) is 4.92 Å². The Kier molecular flexibility index (Phi) is 6.22. The molecule has 0 aromatic heterocycles. The van der Waals surface area contributed by atoms with Crippen molar-refractivity contribution in [2.24, 2.45) is 0 Å². The molecule has 0 amide bonds. The standard InChI is InChI=1S/C14H15NO6/c1-10(20-2)21-14(17)9-13(16)7-6-11-4-3-5-12(8-11)15(18)19/h3-8,10H,9H2,1-2H3. The summed E-state index contributed by atoms with van der Waals surface area (Å²) in [4.78, 5) is 33.0. The molecule has 0 aliphatic heterocycles. The number of non-ortho nitro benzene ring substituents is 1. The summed E-state index contributed by atoms with van der Waals surface area (Å²) in [6.07, 6.45) is 1.45. The summed E-state index contributed by atoms with van der Waals surface area (Å²) in [5, 5.41) is 10.6. The number of ketones is 1. The Labute approximate surface area is 121 Å². The number of hydrogen-bond acceptors (Lipinski definition) is 6. The number of esters is 1. The van der Waals surface area contributed by atoms with E-state index in [1.54, 1.807) is 6.07 Å². The molecule has 21 heavy (non-hydrogen) atoms. The molecule has 1 atom stereocenters.